The Morgan fingerprint density at radius 1 is 0.875 bits per heavy atom. The van der Waals surface area contributed by atoms with Gasteiger partial charge in [0.05, 0.1) is 10.9 Å². The number of para-hydroxylation sites is 1. The molecular formula is C20H15N3O. The van der Waals surface area contributed by atoms with Crippen LogP contribution in [0.5, 0.6) is 11.6 Å². The van der Waals surface area contributed by atoms with Crippen molar-refractivity contribution < 1.29 is 4.74 Å². The molecule has 4 heteroatoms. The van der Waals surface area contributed by atoms with Crippen molar-refractivity contribution >= 4 is 10.9 Å². The second kappa shape index (κ2) is 6.08. The molecule has 2 aromatic carbocycles. The van der Waals surface area contributed by atoms with E-state index in [1.165, 1.54) is 0 Å². The predicted molar refractivity (Wildman–Crippen MR) is 94.0 cm³/mol. The van der Waals surface area contributed by atoms with Crippen molar-refractivity contribution in [3.05, 3.63) is 78.6 Å². The van der Waals surface area contributed by atoms with Gasteiger partial charge in [-0.1, -0.05) is 24.3 Å². The third kappa shape index (κ3) is 2.82. The van der Waals surface area contributed by atoms with Crippen molar-refractivity contribution in [1.29, 1.82) is 0 Å². The van der Waals surface area contributed by atoms with E-state index < -0.39 is 0 Å². The molecular weight excluding hydrogens is 298 g/mol. The van der Waals surface area contributed by atoms with Crippen molar-refractivity contribution in [1.82, 2.24) is 15.0 Å². The molecule has 0 radical (unpaired) electrons. The fourth-order valence-corrected chi connectivity index (χ4v) is 2.54. The third-order valence-electron chi connectivity index (χ3n) is 3.69. The van der Waals surface area contributed by atoms with Gasteiger partial charge in [0.2, 0.25) is 5.88 Å². The summed E-state index contributed by atoms with van der Waals surface area (Å²) in [4.78, 5) is 13.4. The molecule has 4 aromatic rings. The topological polar surface area (TPSA) is 47.9 Å². The van der Waals surface area contributed by atoms with Crippen LogP contribution in [0.15, 0.2) is 73.1 Å². The van der Waals surface area contributed by atoms with E-state index in [0.29, 0.717) is 11.7 Å². The number of hydrogen-bond donors (Lipinski definition) is 0. The van der Waals surface area contributed by atoms with Gasteiger partial charge in [-0.05, 0) is 48.9 Å². The van der Waals surface area contributed by atoms with Crippen LogP contribution in [-0.4, -0.2) is 15.0 Å². The lowest BCUT2D eigenvalue weighted by Gasteiger charge is -2.10. The SMILES string of the molecule is Cc1cccc(Oc2nc(-c3cccnc3)nc3ccccc23)c1. The summed E-state index contributed by atoms with van der Waals surface area (Å²) >= 11 is 0. The molecule has 116 valence electrons. The molecule has 0 unspecified atom stereocenters. The number of pyridine rings is 1. The lowest BCUT2D eigenvalue weighted by Crippen LogP contribution is -1.96. The van der Waals surface area contributed by atoms with Crippen LogP contribution >= 0.6 is 0 Å². The molecule has 0 N–H and O–H groups in total. The van der Waals surface area contributed by atoms with E-state index in [9.17, 15) is 0 Å². The van der Waals surface area contributed by atoms with E-state index in [0.717, 1.165) is 27.8 Å². The molecule has 0 aliphatic heterocycles. The highest BCUT2D eigenvalue weighted by atomic mass is 16.5. The van der Waals surface area contributed by atoms with E-state index in [1.54, 1.807) is 12.4 Å². The van der Waals surface area contributed by atoms with E-state index in [2.05, 4.69) is 15.0 Å². The minimum absolute atomic E-state index is 0.546. The lowest BCUT2D eigenvalue weighted by molar-refractivity contribution is 0.468. The van der Waals surface area contributed by atoms with Crippen molar-refractivity contribution in [2.45, 2.75) is 6.92 Å². The van der Waals surface area contributed by atoms with Gasteiger partial charge < -0.3 is 4.74 Å². The minimum atomic E-state index is 0.546. The Kier molecular flexibility index (Phi) is 3.63. The Morgan fingerprint density at radius 3 is 2.62 bits per heavy atom. The average molecular weight is 313 g/mol. The van der Waals surface area contributed by atoms with Gasteiger partial charge >= 0.3 is 0 Å². The normalized spacial score (nSPS) is 10.7. The van der Waals surface area contributed by atoms with E-state index in [-0.39, 0.29) is 0 Å². The highest BCUT2D eigenvalue weighted by Crippen LogP contribution is 2.30. The average Bonchev–Trinajstić information content (AvgIpc) is 2.62. The first-order valence-electron chi connectivity index (χ1n) is 7.71. The zero-order valence-electron chi connectivity index (χ0n) is 13.2. The highest BCUT2D eigenvalue weighted by molar-refractivity contribution is 5.85. The highest BCUT2D eigenvalue weighted by Gasteiger charge is 2.11. The minimum Gasteiger partial charge on any atom is -0.438 e. The van der Waals surface area contributed by atoms with Crippen LogP contribution in [0.1, 0.15) is 5.56 Å². The first kappa shape index (κ1) is 14.3. The predicted octanol–water partition coefficient (Wildman–Crippen LogP) is 4.79. The lowest BCUT2D eigenvalue weighted by atomic mass is 10.2. The van der Waals surface area contributed by atoms with Crippen LogP contribution in [0.4, 0.5) is 0 Å². The van der Waals surface area contributed by atoms with Crippen LogP contribution in [0.25, 0.3) is 22.3 Å². The molecule has 0 saturated carbocycles. The molecule has 0 amide bonds. The first-order valence-corrected chi connectivity index (χ1v) is 7.71. The van der Waals surface area contributed by atoms with Crippen molar-refractivity contribution in [3.8, 4) is 23.0 Å². The van der Waals surface area contributed by atoms with Crippen LogP contribution < -0.4 is 4.74 Å². The number of benzene rings is 2. The van der Waals surface area contributed by atoms with Crippen molar-refractivity contribution in [2.24, 2.45) is 0 Å². The van der Waals surface area contributed by atoms with Crippen molar-refractivity contribution in [2.75, 3.05) is 0 Å². The summed E-state index contributed by atoms with van der Waals surface area (Å²) in [5.41, 5.74) is 2.84. The molecule has 0 fully saturated rings. The summed E-state index contributed by atoms with van der Waals surface area (Å²) in [6.07, 6.45) is 3.48. The standard InChI is InChI=1S/C20H15N3O/c1-14-6-4-8-16(12-14)24-20-17-9-2-3-10-18(17)22-19(23-20)15-7-5-11-21-13-15/h2-13H,1H3. The number of aryl methyl sites for hydroxylation is 1. The summed E-state index contributed by atoms with van der Waals surface area (Å²) in [6.45, 7) is 2.03. The summed E-state index contributed by atoms with van der Waals surface area (Å²) in [5, 5.41) is 0.881. The van der Waals surface area contributed by atoms with E-state index in [1.807, 2.05) is 67.6 Å². The van der Waals surface area contributed by atoms with Gasteiger partial charge in [0, 0.05) is 18.0 Å². The molecule has 0 saturated heterocycles. The van der Waals surface area contributed by atoms with E-state index >= 15 is 0 Å². The van der Waals surface area contributed by atoms with Gasteiger partial charge in [0.15, 0.2) is 5.82 Å². The maximum Gasteiger partial charge on any atom is 0.230 e. The molecule has 4 nitrogen and oxygen atoms in total. The smallest absolute Gasteiger partial charge is 0.230 e. The molecule has 2 heterocycles. The molecule has 0 aliphatic rings. The summed E-state index contributed by atoms with van der Waals surface area (Å²) in [7, 11) is 0. The maximum absolute atomic E-state index is 6.06. The van der Waals surface area contributed by atoms with Crippen LogP contribution in [-0.2, 0) is 0 Å². The zero-order valence-corrected chi connectivity index (χ0v) is 13.2. The Bertz CT molecular complexity index is 1000. The molecule has 0 aliphatic carbocycles. The summed E-state index contributed by atoms with van der Waals surface area (Å²) < 4.78 is 6.06. The fraction of sp³-hybridized carbons (Fsp3) is 0.0500. The molecule has 4 rings (SSSR count). The third-order valence-corrected chi connectivity index (χ3v) is 3.69. The number of nitrogens with zero attached hydrogens (tertiary/aromatic N) is 3. The Hall–Kier alpha value is -3.27. The molecule has 2 aromatic heterocycles. The number of fused-ring (bicyclic) bond motifs is 1. The second-order valence-electron chi connectivity index (χ2n) is 5.53. The summed E-state index contributed by atoms with van der Waals surface area (Å²) in [5.74, 6) is 1.91. The van der Waals surface area contributed by atoms with Gasteiger partial charge in [0.1, 0.15) is 5.75 Å². The molecule has 24 heavy (non-hydrogen) atoms. The number of aromatic nitrogens is 3. The van der Waals surface area contributed by atoms with Crippen LogP contribution in [0.2, 0.25) is 0 Å². The van der Waals surface area contributed by atoms with Crippen molar-refractivity contribution in [3.63, 3.8) is 0 Å². The largest absolute Gasteiger partial charge is 0.438 e. The van der Waals surface area contributed by atoms with Gasteiger partial charge in [-0.25, -0.2) is 4.98 Å². The first-order chi connectivity index (χ1) is 11.8. The van der Waals surface area contributed by atoms with Gasteiger partial charge in [-0.2, -0.15) is 4.98 Å². The monoisotopic (exact) mass is 313 g/mol. The molecule has 0 atom stereocenters. The van der Waals surface area contributed by atoms with Gasteiger partial charge in [0.25, 0.3) is 0 Å². The van der Waals surface area contributed by atoms with Gasteiger partial charge in [-0.15, -0.1) is 0 Å². The molecule has 0 bridgehead atoms. The zero-order chi connectivity index (χ0) is 16.4. The molecule has 0 spiro atoms. The Labute approximate surface area is 139 Å². The van der Waals surface area contributed by atoms with E-state index in [4.69, 9.17) is 4.74 Å². The number of rotatable bonds is 3. The number of hydrogen-bond acceptors (Lipinski definition) is 4. The van der Waals surface area contributed by atoms with Crippen LogP contribution in [0.3, 0.4) is 0 Å². The fourth-order valence-electron chi connectivity index (χ4n) is 2.54. The van der Waals surface area contributed by atoms with Gasteiger partial charge in [-0.3, -0.25) is 4.98 Å². The quantitative estimate of drug-likeness (QED) is 0.545. The van der Waals surface area contributed by atoms with Crippen LogP contribution in [0, 0.1) is 6.92 Å². The maximum atomic E-state index is 6.06. The summed E-state index contributed by atoms with van der Waals surface area (Å²) in [6, 6.07) is 19.6. The number of ether oxygens (including phenoxy) is 1. The Balaban J connectivity index is 1.86. The second-order valence-corrected chi connectivity index (χ2v) is 5.53. The Morgan fingerprint density at radius 2 is 1.79 bits per heavy atom.